The summed E-state index contributed by atoms with van der Waals surface area (Å²) in [6.45, 7) is 0. The minimum atomic E-state index is 0.626. The summed E-state index contributed by atoms with van der Waals surface area (Å²) < 4.78 is 10.7. The van der Waals surface area contributed by atoms with E-state index in [1.165, 1.54) is 10.1 Å². The van der Waals surface area contributed by atoms with Crippen LogP contribution >= 0.6 is 11.3 Å². The van der Waals surface area contributed by atoms with Gasteiger partial charge in [-0.05, 0) is 42.5 Å². The molecule has 0 saturated carbocycles. The smallest absolute Gasteiger partial charge is 0.227 e. The Bertz CT molecular complexity index is 2360. The van der Waals surface area contributed by atoms with E-state index >= 15 is 0 Å². The van der Waals surface area contributed by atoms with E-state index in [9.17, 15) is 0 Å². The van der Waals surface area contributed by atoms with Crippen LogP contribution in [0.1, 0.15) is 0 Å². The number of rotatable bonds is 2. The molecule has 0 aliphatic rings. The van der Waals surface area contributed by atoms with Gasteiger partial charge in [-0.3, -0.25) is 4.57 Å². The molecule has 182 valence electrons. The van der Waals surface area contributed by atoms with Crippen LogP contribution in [-0.2, 0) is 0 Å². The Balaban J connectivity index is 1.29. The summed E-state index contributed by atoms with van der Waals surface area (Å²) in [5.74, 6) is 0. The largest absolute Gasteiger partial charge is 0.438 e. The highest BCUT2D eigenvalue weighted by molar-refractivity contribution is 7.26. The molecule has 0 atom stereocenters. The van der Waals surface area contributed by atoms with E-state index in [4.69, 9.17) is 14.4 Å². The van der Waals surface area contributed by atoms with Gasteiger partial charge < -0.3 is 4.42 Å². The lowest BCUT2D eigenvalue weighted by Gasteiger charge is -2.07. The van der Waals surface area contributed by atoms with Crippen molar-refractivity contribution in [3.05, 3.63) is 104 Å². The van der Waals surface area contributed by atoms with Crippen molar-refractivity contribution in [2.24, 2.45) is 0 Å². The molecule has 6 aromatic heterocycles. The molecular weight excluding hydrogens is 502 g/mol. The Morgan fingerprint density at radius 1 is 0.718 bits per heavy atom. The summed E-state index contributed by atoms with van der Waals surface area (Å²) in [6, 6.07) is 27.4. The van der Waals surface area contributed by atoms with Crippen LogP contribution in [0.2, 0.25) is 0 Å². The van der Waals surface area contributed by atoms with Gasteiger partial charge in [0.25, 0.3) is 0 Å². The van der Waals surface area contributed by atoms with Crippen LogP contribution in [0.15, 0.2) is 108 Å². The molecule has 6 heterocycles. The van der Waals surface area contributed by atoms with Crippen molar-refractivity contribution in [1.29, 1.82) is 0 Å². The molecule has 0 radical (unpaired) electrons. The first kappa shape index (κ1) is 20.9. The third-order valence-corrected chi connectivity index (χ3v) is 8.64. The highest BCUT2D eigenvalue weighted by Gasteiger charge is 2.17. The van der Waals surface area contributed by atoms with Gasteiger partial charge in [0, 0.05) is 67.0 Å². The maximum atomic E-state index is 6.17. The molecule has 3 aromatic carbocycles. The molecule has 9 rings (SSSR count). The van der Waals surface area contributed by atoms with Crippen LogP contribution in [0, 0.1) is 0 Å². The molecule has 0 amide bonds. The summed E-state index contributed by atoms with van der Waals surface area (Å²) >= 11 is 1.71. The minimum Gasteiger partial charge on any atom is -0.438 e. The standard InChI is InChI=1S/C32H17N5OS/c1-2-9-26-21(5-1)22-8-4-12-34-31(22)37(26)19-10-11-27-24(14-19)25-13-18(15-35-32(25)38-27)20-6-3-7-23-29-28(39-30(20)23)16-33-17-36-29/h1-17H. The number of thiophene rings is 1. The number of aromatic nitrogens is 5. The number of hydrogen-bond donors (Lipinski definition) is 0. The van der Waals surface area contributed by atoms with Gasteiger partial charge in [0.2, 0.25) is 5.71 Å². The van der Waals surface area contributed by atoms with E-state index < -0.39 is 0 Å². The number of pyridine rings is 2. The summed E-state index contributed by atoms with van der Waals surface area (Å²) in [6.07, 6.45) is 7.23. The molecule has 0 spiro atoms. The van der Waals surface area contributed by atoms with Crippen molar-refractivity contribution < 1.29 is 4.42 Å². The van der Waals surface area contributed by atoms with E-state index in [1.807, 2.05) is 30.7 Å². The molecule has 0 bridgehead atoms. The van der Waals surface area contributed by atoms with Crippen LogP contribution in [0.5, 0.6) is 0 Å². The number of fused-ring (bicyclic) bond motifs is 9. The fraction of sp³-hybridized carbons (Fsp3) is 0. The van der Waals surface area contributed by atoms with Gasteiger partial charge in [0.05, 0.1) is 15.7 Å². The van der Waals surface area contributed by atoms with Gasteiger partial charge >= 0.3 is 0 Å². The number of hydrogen-bond acceptors (Lipinski definition) is 6. The number of para-hydroxylation sites is 1. The van der Waals surface area contributed by atoms with Gasteiger partial charge in [0.1, 0.15) is 17.6 Å². The first-order valence-corrected chi connectivity index (χ1v) is 13.4. The zero-order valence-electron chi connectivity index (χ0n) is 20.4. The number of benzene rings is 3. The summed E-state index contributed by atoms with van der Waals surface area (Å²) in [4.78, 5) is 18.2. The quantitative estimate of drug-likeness (QED) is 0.230. The average molecular weight is 520 g/mol. The van der Waals surface area contributed by atoms with Crippen LogP contribution < -0.4 is 0 Å². The van der Waals surface area contributed by atoms with Gasteiger partial charge in [0.15, 0.2) is 0 Å². The van der Waals surface area contributed by atoms with Crippen LogP contribution in [0.3, 0.4) is 0 Å². The highest BCUT2D eigenvalue weighted by atomic mass is 32.1. The van der Waals surface area contributed by atoms with Crippen LogP contribution in [0.4, 0.5) is 0 Å². The maximum absolute atomic E-state index is 6.17. The molecule has 7 heteroatoms. The zero-order valence-corrected chi connectivity index (χ0v) is 21.2. The normalized spacial score (nSPS) is 12.1. The van der Waals surface area contributed by atoms with Crippen molar-refractivity contribution in [2.75, 3.05) is 0 Å². The average Bonchev–Trinajstić information content (AvgIpc) is 3.66. The zero-order chi connectivity index (χ0) is 25.5. The predicted octanol–water partition coefficient (Wildman–Crippen LogP) is 8.30. The second-order valence-corrected chi connectivity index (χ2v) is 10.7. The SMILES string of the molecule is c1cc(-c2cnc3oc4ccc(-n5c6ccccc6c6cccnc65)cc4c3c2)c2sc3cncnc3c2c1. The first-order valence-electron chi connectivity index (χ1n) is 12.6. The number of furan rings is 1. The van der Waals surface area contributed by atoms with E-state index in [-0.39, 0.29) is 0 Å². The lowest BCUT2D eigenvalue weighted by atomic mass is 10.0. The molecule has 39 heavy (non-hydrogen) atoms. The molecule has 6 nitrogen and oxygen atoms in total. The fourth-order valence-electron chi connectivity index (χ4n) is 5.76. The van der Waals surface area contributed by atoms with Gasteiger partial charge in [-0.25, -0.2) is 19.9 Å². The predicted molar refractivity (Wildman–Crippen MR) is 158 cm³/mol. The van der Waals surface area contributed by atoms with Crippen molar-refractivity contribution in [3.8, 4) is 16.8 Å². The fourth-order valence-corrected chi connectivity index (χ4v) is 6.92. The van der Waals surface area contributed by atoms with E-state index in [0.717, 1.165) is 65.3 Å². The second kappa shape index (κ2) is 7.69. The van der Waals surface area contributed by atoms with Crippen molar-refractivity contribution in [1.82, 2.24) is 24.5 Å². The first-order chi connectivity index (χ1) is 19.3. The van der Waals surface area contributed by atoms with Gasteiger partial charge in [-0.2, -0.15) is 0 Å². The summed E-state index contributed by atoms with van der Waals surface area (Å²) in [5, 5.41) is 5.45. The van der Waals surface area contributed by atoms with E-state index in [0.29, 0.717) is 5.71 Å². The van der Waals surface area contributed by atoms with Crippen LogP contribution in [-0.4, -0.2) is 24.5 Å². The Morgan fingerprint density at radius 2 is 1.64 bits per heavy atom. The summed E-state index contributed by atoms with van der Waals surface area (Å²) in [5.41, 5.74) is 7.68. The monoisotopic (exact) mass is 519 g/mol. The third kappa shape index (κ3) is 2.90. The molecule has 0 unspecified atom stereocenters. The second-order valence-electron chi connectivity index (χ2n) is 9.61. The van der Waals surface area contributed by atoms with Gasteiger partial charge in [-0.15, -0.1) is 11.3 Å². The Labute approximate surface area is 224 Å². The maximum Gasteiger partial charge on any atom is 0.227 e. The molecule has 9 aromatic rings. The van der Waals surface area contributed by atoms with Crippen molar-refractivity contribution in [3.63, 3.8) is 0 Å². The molecule has 0 fully saturated rings. The number of nitrogens with zero attached hydrogens (tertiary/aromatic N) is 5. The Morgan fingerprint density at radius 3 is 2.64 bits per heavy atom. The molecule has 0 N–H and O–H groups in total. The van der Waals surface area contributed by atoms with E-state index in [1.54, 1.807) is 17.7 Å². The molecule has 0 aliphatic carbocycles. The summed E-state index contributed by atoms with van der Waals surface area (Å²) in [7, 11) is 0. The molecular formula is C32H17N5OS. The van der Waals surface area contributed by atoms with Crippen LogP contribution in [0.25, 0.3) is 81.1 Å². The lowest BCUT2D eigenvalue weighted by molar-refractivity contribution is 0.654. The topological polar surface area (TPSA) is 69.6 Å². The highest BCUT2D eigenvalue weighted by Crippen LogP contribution is 2.40. The minimum absolute atomic E-state index is 0.626. The Hall–Kier alpha value is -5.14. The molecule has 0 aliphatic heterocycles. The Kier molecular flexibility index (Phi) is 4.11. The van der Waals surface area contributed by atoms with Crippen molar-refractivity contribution >= 4 is 75.6 Å². The molecule has 0 saturated heterocycles. The lowest BCUT2D eigenvalue weighted by Crippen LogP contribution is -1.94. The van der Waals surface area contributed by atoms with E-state index in [2.05, 4.69) is 81.3 Å². The van der Waals surface area contributed by atoms with Gasteiger partial charge in [-0.1, -0.05) is 36.4 Å². The van der Waals surface area contributed by atoms with Crippen molar-refractivity contribution in [2.45, 2.75) is 0 Å². The third-order valence-electron chi connectivity index (χ3n) is 7.47.